The number of piperidine rings is 1. The van der Waals surface area contributed by atoms with Crippen molar-refractivity contribution < 1.29 is 5.11 Å². The van der Waals surface area contributed by atoms with Crippen LogP contribution in [0, 0.1) is 3.57 Å². The smallest absolute Gasteiger partial charge is 0.128 e. The van der Waals surface area contributed by atoms with Crippen LogP contribution in [0.5, 0.6) is 5.75 Å². The lowest BCUT2D eigenvalue weighted by Gasteiger charge is -2.24. The van der Waals surface area contributed by atoms with Gasteiger partial charge < -0.3 is 10.4 Å². The monoisotopic (exact) mass is 303 g/mol. The molecule has 1 aromatic rings. The summed E-state index contributed by atoms with van der Waals surface area (Å²) in [4.78, 5) is 0. The van der Waals surface area contributed by atoms with Crippen molar-refractivity contribution in [2.24, 2.45) is 0 Å². The van der Waals surface area contributed by atoms with Crippen molar-refractivity contribution in [3.8, 4) is 5.75 Å². The Hall–Kier alpha value is -0.290. The molecule has 0 aromatic heterocycles. The van der Waals surface area contributed by atoms with Gasteiger partial charge >= 0.3 is 0 Å². The van der Waals surface area contributed by atoms with Crippen LogP contribution in [0.25, 0.3) is 0 Å². The molecule has 1 saturated heterocycles. The molecule has 1 heterocycles. The molecule has 1 aromatic carbocycles. The Morgan fingerprint density at radius 3 is 2.86 bits per heavy atom. The van der Waals surface area contributed by atoms with Gasteiger partial charge in [0.2, 0.25) is 0 Å². The van der Waals surface area contributed by atoms with Crippen molar-refractivity contribution in [1.82, 2.24) is 5.32 Å². The molecule has 0 radical (unpaired) electrons. The summed E-state index contributed by atoms with van der Waals surface area (Å²) >= 11 is 2.17. The molecule has 2 N–H and O–H groups in total. The van der Waals surface area contributed by atoms with E-state index in [0.29, 0.717) is 11.8 Å². The van der Waals surface area contributed by atoms with Crippen LogP contribution in [0.3, 0.4) is 0 Å². The summed E-state index contributed by atoms with van der Waals surface area (Å²) in [5.41, 5.74) is 1.30. The first-order chi connectivity index (χ1) is 6.77. The SMILES string of the molecule is Oc1ccc([C@H]2CCCCN2)cc1I. The third-order valence-corrected chi connectivity index (χ3v) is 3.55. The highest BCUT2D eigenvalue weighted by molar-refractivity contribution is 14.1. The summed E-state index contributed by atoms with van der Waals surface area (Å²) in [5, 5.41) is 12.9. The Labute approximate surface area is 97.9 Å². The predicted octanol–water partition coefficient (Wildman–Crippen LogP) is 2.81. The Morgan fingerprint density at radius 2 is 2.21 bits per heavy atom. The second-order valence-corrected chi connectivity index (χ2v) is 4.88. The number of hydrogen-bond donors (Lipinski definition) is 2. The van der Waals surface area contributed by atoms with E-state index in [4.69, 9.17) is 0 Å². The van der Waals surface area contributed by atoms with E-state index in [2.05, 4.69) is 34.0 Å². The van der Waals surface area contributed by atoms with Gasteiger partial charge in [-0.05, 0) is 59.7 Å². The minimum Gasteiger partial charge on any atom is -0.507 e. The predicted molar refractivity (Wildman–Crippen MR) is 65.4 cm³/mol. The molecule has 1 aliphatic heterocycles. The lowest BCUT2D eigenvalue weighted by molar-refractivity contribution is 0.411. The van der Waals surface area contributed by atoms with Crippen molar-refractivity contribution in [3.63, 3.8) is 0 Å². The molecule has 0 aliphatic carbocycles. The third-order valence-electron chi connectivity index (χ3n) is 2.68. The maximum atomic E-state index is 9.41. The van der Waals surface area contributed by atoms with Crippen molar-refractivity contribution in [1.29, 1.82) is 0 Å². The van der Waals surface area contributed by atoms with Gasteiger partial charge in [0, 0.05) is 6.04 Å². The fraction of sp³-hybridized carbons (Fsp3) is 0.455. The fourth-order valence-electron chi connectivity index (χ4n) is 1.88. The van der Waals surface area contributed by atoms with Crippen LogP contribution >= 0.6 is 22.6 Å². The summed E-state index contributed by atoms with van der Waals surface area (Å²) in [5.74, 6) is 0.380. The number of phenols is 1. The lowest BCUT2D eigenvalue weighted by atomic mass is 9.98. The molecule has 1 aliphatic rings. The molecule has 2 nitrogen and oxygen atoms in total. The quantitative estimate of drug-likeness (QED) is 0.782. The molecule has 76 valence electrons. The van der Waals surface area contributed by atoms with E-state index in [0.717, 1.165) is 10.1 Å². The molecule has 0 bridgehead atoms. The Bertz CT molecular complexity index is 321. The topological polar surface area (TPSA) is 32.3 Å². The van der Waals surface area contributed by atoms with E-state index in [1.165, 1.54) is 24.8 Å². The highest BCUT2D eigenvalue weighted by Crippen LogP contribution is 2.27. The van der Waals surface area contributed by atoms with Gasteiger partial charge in [0.1, 0.15) is 5.75 Å². The summed E-state index contributed by atoms with van der Waals surface area (Å²) in [6.45, 7) is 1.11. The molecule has 14 heavy (non-hydrogen) atoms. The van der Waals surface area contributed by atoms with Crippen molar-refractivity contribution >= 4 is 22.6 Å². The maximum absolute atomic E-state index is 9.41. The zero-order chi connectivity index (χ0) is 9.97. The van der Waals surface area contributed by atoms with Crippen LogP contribution in [-0.4, -0.2) is 11.7 Å². The van der Waals surface area contributed by atoms with Crippen LogP contribution < -0.4 is 5.32 Å². The number of phenolic OH excluding ortho intramolecular Hbond substituents is 1. The number of nitrogens with one attached hydrogen (secondary N) is 1. The second-order valence-electron chi connectivity index (χ2n) is 3.71. The van der Waals surface area contributed by atoms with E-state index in [1.54, 1.807) is 6.07 Å². The van der Waals surface area contributed by atoms with Gasteiger partial charge in [-0.2, -0.15) is 0 Å². The van der Waals surface area contributed by atoms with E-state index in [9.17, 15) is 5.11 Å². The van der Waals surface area contributed by atoms with Crippen molar-refractivity contribution in [2.45, 2.75) is 25.3 Å². The van der Waals surface area contributed by atoms with E-state index in [1.807, 2.05) is 6.07 Å². The molecule has 0 amide bonds. The first-order valence-electron chi connectivity index (χ1n) is 4.99. The number of benzene rings is 1. The van der Waals surface area contributed by atoms with Crippen molar-refractivity contribution in [2.75, 3.05) is 6.54 Å². The minimum atomic E-state index is 0.380. The maximum Gasteiger partial charge on any atom is 0.128 e. The van der Waals surface area contributed by atoms with Crippen LogP contribution in [0.15, 0.2) is 18.2 Å². The Kier molecular flexibility index (Phi) is 3.28. The van der Waals surface area contributed by atoms with E-state index in [-0.39, 0.29) is 0 Å². The van der Waals surface area contributed by atoms with Gasteiger partial charge in [0.05, 0.1) is 3.57 Å². The average Bonchev–Trinajstić information content (AvgIpc) is 2.23. The first kappa shape index (κ1) is 10.2. The lowest BCUT2D eigenvalue weighted by Crippen LogP contribution is -2.26. The van der Waals surface area contributed by atoms with Gasteiger partial charge in [0.25, 0.3) is 0 Å². The Balaban J connectivity index is 2.18. The average molecular weight is 303 g/mol. The molecule has 0 unspecified atom stereocenters. The summed E-state index contributed by atoms with van der Waals surface area (Å²) in [6.07, 6.45) is 3.79. The molecule has 0 spiro atoms. The molecule has 0 saturated carbocycles. The van der Waals surface area contributed by atoms with Gasteiger partial charge in [-0.3, -0.25) is 0 Å². The Morgan fingerprint density at radius 1 is 1.36 bits per heavy atom. The number of hydrogen-bond acceptors (Lipinski definition) is 2. The van der Waals surface area contributed by atoms with Gasteiger partial charge in [-0.1, -0.05) is 12.5 Å². The second kappa shape index (κ2) is 4.49. The van der Waals surface area contributed by atoms with Crippen LogP contribution in [-0.2, 0) is 0 Å². The van der Waals surface area contributed by atoms with Gasteiger partial charge in [0.15, 0.2) is 0 Å². The van der Waals surface area contributed by atoms with Crippen LogP contribution in [0.2, 0.25) is 0 Å². The zero-order valence-electron chi connectivity index (χ0n) is 7.96. The molecular weight excluding hydrogens is 289 g/mol. The van der Waals surface area contributed by atoms with Gasteiger partial charge in [-0.25, -0.2) is 0 Å². The summed E-state index contributed by atoms with van der Waals surface area (Å²) in [7, 11) is 0. The molecule has 2 rings (SSSR count). The minimum absolute atomic E-state index is 0.380. The standard InChI is InChI=1S/C11H14INO/c12-9-7-8(4-5-11(9)14)10-3-1-2-6-13-10/h4-5,7,10,13-14H,1-3,6H2/t10-/m1/s1. The molecule has 3 heteroatoms. The molecular formula is C11H14INO. The number of halogens is 1. The number of rotatable bonds is 1. The third kappa shape index (κ3) is 2.20. The van der Waals surface area contributed by atoms with Crippen molar-refractivity contribution in [3.05, 3.63) is 27.3 Å². The normalized spacial score (nSPS) is 22.2. The van der Waals surface area contributed by atoms with Gasteiger partial charge in [-0.15, -0.1) is 0 Å². The van der Waals surface area contributed by atoms with Crippen LogP contribution in [0.1, 0.15) is 30.9 Å². The number of aromatic hydroxyl groups is 1. The van der Waals surface area contributed by atoms with E-state index < -0.39 is 0 Å². The highest BCUT2D eigenvalue weighted by atomic mass is 127. The molecule has 1 fully saturated rings. The zero-order valence-corrected chi connectivity index (χ0v) is 10.1. The van der Waals surface area contributed by atoms with E-state index >= 15 is 0 Å². The fourth-order valence-corrected chi connectivity index (χ4v) is 2.42. The largest absolute Gasteiger partial charge is 0.507 e. The molecule has 1 atom stereocenters. The van der Waals surface area contributed by atoms with Crippen LogP contribution in [0.4, 0.5) is 0 Å². The first-order valence-corrected chi connectivity index (χ1v) is 6.07. The highest BCUT2D eigenvalue weighted by Gasteiger charge is 2.15. The summed E-state index contributed by atoms with van der Waals surface area (Å²) < 4.78 is 0.937. The summed E-state index contributed by atoms with van der Waals surface area (Å²) in [6, 6.07) is 6.35.